The second-order valence-electron chi connectivity index (χ2n) is 6.60. The summed E-state index contributed by atoms with van der Waals surface area (Å²) in [5, 5.41) is 7.76. The number of nitrogen functional groups attached to an aromatic ring is 1. The molecular weight excluding hydrogens is 316 g/mol. The molecule has 1 aliphatic carbocycles. The zero-order valence-corrected chi connectivity index (χ0v) is 14.5. The number of rotatable bonds is 5. The first-order valence-corrected chi connectivity index (χ1v) is 9.06. The van der Waals surface area contributed by atoms with Crippen molar-refractivity contribution in [2.75, 3.05) is 11.1 Å². The molecule has 0 aromatic carbocycles. The summed E-state index contributed by atoms with van der Waals surface area (Å²) in [5.41, 5.74) is 7.59. The standard InChI is InChI=1S/C17H24N8/c1-2-10-24-15-13(21-17(24)25-11-6-9-19-25)14(18)22-16(23-15)20-12-7-4-3-5-8-12/h6,9,11-12H,2-5,7-8,10H2,1H3,(H3,18,20,22,23). The molecule has 1 fully saturated rings. The molecule has 0 aliphatic heterocycles. The van der Waals surface area contributed by atoms with E-state index in [4.69, 9.17) is 10.7 Å². The Kier molecular flexibility index (Phi) is 4.25. The van der Waals surface area contributed by atoms with Gasteiger partial charge in [0.25, 0.3) is 0 Å². The minimum atomic E-state index is 0.409. The Balaban J connectivity index is 1.76. The van der Waals surface area contributed by atoms with Crippen molar-refractivity contribution in [3.63, 3.8) is 0 Å². The summed E-state index contributed by atoms with van der Waals surface area (Å²) < 4.78 is 3.80. The average Bonchev–Trinajstić information content (AvgIpc) is 3.25. The van der Waals surface area contributed by atoms with Crippen LogP contribution in [-0.4, -0.2) is 35.3 Å². The van der Waals surface area contributed by atoms with Gasteiger partial charge in [-0.3, -0.25) is 4.57 Å². The zero-order valence-electron chi connectivity index (χ0n) is 14.5. The van der Waals surface area contributed by atoms with Crippen LogP contribution in [0.4, 0.5) is 11.8 Å². The van der Waals surface area contributed by atoms with E-state index in [0.717, 1.165) is 37.4 Å². The van der Waals surface area contributed by atoms with Gasteiger partial charge in [0, 0.05) is 25.0 Å². The van der Waals surface area contributed by atoms with Crippen LogP contribution in [0, 0.1) is 0 Å². The number of hydrogen-bond acceptors (Lipinski definition) is 6. The van der Waals surface area contributed by atoms with E-state index in [1.807, 2.05) is 12.3 Å². The maximum Gasteiger partial charge on any atom is 0.233 e. The minimum Gasteiger partial charge on any atom is -0.382 e. The Hall–Kier alpha value is -2.64. The fraction of sp³-hybridized carbons (Fsp3) is 0.529. The summed E-state index contributed by atoms with van der Waals surface area (Å²) in [7, 11) is 0. The number of nitrogens with one attached hydrogen (secondary N) is 1. The van der Waals surface area contributed by atoms with Gasteiger partial charge in [-0.1, -0.05) is 26.2 Å². The summed E-state index contributed by atoms with van der Waals surface area (Å²) in [6.07, 6.45) is 10.7. The van der Waals surface area contributed by atoms with Crippen LogP contribution in [0.25, 0.3) is 17.1 Å². The van der Waals surface area contributed by atoms with Crippen molar-refractivity contribution in [3.05, 3.63) is 18.5 Å². The van der Waals surface area contributed by atoms with Crippen molar-refractivity contribution in [3.8, 4) is 5.95 Å². The number of aryl methyl sites for hydroxylation is 1. The maximum absolute atomic E-state index is 6.20. The van der Waals surface area contributed by atoms with Crippen LogP contribution in [0.3, 0.4) is 0 Å². The SMILES string of the molecule is CCCn1c(-n2cccn2)nc2c(N)nc(NC3CCCCC3)nc21. The molecule has 0 spiro atoms. The number of imidazole rings is 1. The van der Waals surface area contributed by atoms with E-state index in [0.29, 0.717) is 23.3 Å². The van der Waals surface area contributed by atoms with Gasteiger partial charge in [0.2, 0.25) is 11.9 Å². The summed E-state index contributed by atoms with van der Waals surface area (Å²) in [6.45, 7) is 2.93. The van der Waals surface area contributed by atoms with Crippen LogP contribution >= 0.6 is 0 Å². The second kappa shape index (κ2) is 6.70. The van der Waals surface area contributed by atoms with Gasteiger partial charge >= 0.3 is 0 Å². The maximum atomic E-state index is 6.20. The monoisotopic (exact) mass is 340 g/mol. The van der Waals surface area contributed by atoms with Gasteiger partial charge in [-0.05, 0) is 25.3 Å². The van der Waals surface area contributed by atoms with Gasteiger partial charge in [-0.25, -0.2) is 9.67 Å². The Bertz CT molecular complexity index is 845. The van der Waals surface area contributed by atoms with Crippen molar-refractivity contribution in [1.29, 1.82) is 0 Å². The molecule has 1 aliphatic rings. The van der Waals surface area contributed by atoms with Crippen molar-refractivity contribution >= 4 is 22.9 Å². The number of aromatic nitrogens is 6. The molecule has 0 amide bonds. The molecule has 3 aromatic rings. The lowest BCUT2D eigenvalue weighted by Crippen LogP contribution is -2.23. The molecule has 3 aromatic heterocycles. The Morgan fingerprint density at radius 3 is 2.76 bits per heavy atom. The Labute approximate surface area is 146 Å². The highest BCUT2D eigenvalue weighted by atomic mass is 15.4. The van der Waals surface area contributed by atoms with Crippen LogP contribution in [-0.2, 0) is 6.54 Å². The predicted octanol–water partition coefficient (Wildman–Crippen LogP) is 2.75. The number of fused-ring (bicyclic) bond motifs is 1. The third-order valence-electron chi connectivity index (χ3n) is 4.70. The molecule has 0 atom stereocenters. The van der Waals surface area contributed by atoms with E-state index < -0.39 is 0 Å². The molecule has 0 radical (unpaired) electrons. The quantitative estimate of drug-likeness (QED) is 0.741. The average molecular weight is 340 g/mol. The number of hydrogen-bond donors (Lipinski definition) is 2. The predicted molar refractivity (Wildman–Crippen MR) is 97.6 cm³/mol. The van der Waals surface area contributed by atoms with Gasteiger partial charge in [-0.2, -0.15) is 15.1 Å². The Morgan fingerprint density at radius 1 is 1.20 bits per heavy atom. The van der Waals surface area contributed by atoms with Crippen molar-refractivity contribution in [2.24, 2.45) is 0 Å². The minimum absolute atomic E-state index is 0.409. The zero-order chi connectivity index (χ0) is 17.2. The molecule has 0 saturated heterocycles. The van der Waals surface area contributed by atoms with Crippen molar-refractivity contribution in [1.82, 2.24) is 29.3 Å². The van der Waals surface area contributed by atoms with Crippen LogP contribution in [0.15, 0.2) is 18.5 Å². The molecule has 0 bridgehead atoms. The second-order valence-corrected chi connectivity index (χ2v) is 6.60. The first-order chi connectivity index (χ1) is 12.3. The van der Waals surface area contributed by atoms with E-state index in [1.54, 1.807) is 10.9 Å². The third kappa shape index (κ3) is 3.04. The number of anilines is 2. The van der Waals surface area contributed by atoms with E-state index in [1.165, 1.54) is 19.3 Å². The van der Waals surface area contributed by atoms with Gasteiger partial charge in [0.05, 0.1) is 0 Å². The summed E-state index contributed by atoms with van der Waals surface area (Å²) in [6, 6.07) is 2.31. The molecule has 132 valence electrons. The molecule has 0 unspecified atom stereocenters. The van der Waals surface area contributed by atoms with Gasteiger partial charge in [0.15, 0.2) is 17.0 Å². The van der Waals surface area contributed by atoms with Crippen LogP contribution < -0.4 is 11.1 Å². The van der Waals surface area contributed by atoms with E-state index >= 15 is 0 Å². The summed E-state index contributed by atoms with van der Waals surface area (Å²) in [5.74, 6) is 1.73. The smallest absolute Gasteiger partial charge is 0.233 e. The molecule has 3 N–H and O–H groups in total. The molecule has 8 heteroatoms. The fourth-order valence-corrected chi connectivity index (χ4v) is 3.50. The first-order valence-electron chi connectivity index (χ1n) is 9.06. The molecule has 25 heavy (non-hydrogen) atoms. The first kappa shape index (κ1) is 15.9. The number of nitrogens with two attached hydrogens (primary N) is 1. The van der Waals surface area contributed by atoms with Crippen LogP contribution in [0.5, 0.6) is 0 Å². The summed E-state index contributed by atoms with van der Waals surface area (Å²) >= 11 is 0. The Morgan fingerprint density at radius 2 is 2.04 bits per heavy atom. The van der Waals surface area contributed by atoms with Gasteiger partial charge in [0.1, 0.15) is 0 Å². The van der Waals surface area contributed by atoms with Crippen molar-refractivity contribution < 1.29 is 0 Å². The normalized spacial score (nSPS) is 15.7. The topological polar surface area (TPSA) is 99.5 Å². The molecule has 3 heterocycles. The van der Waals surface area contributed by atoms with E-state index in [9.17, 15) is 0 Å². The lowest BCUT2D eigenvalue weighted by molar-refractivity contribution is 0.461. The van der Waals surface area contributed by atoms with Gasteiger partial charge < -0.3 is 11.1 Å². The molecule has 8 nitrogen and oxygen atoms in total. The largest absolute Gasteiger partial charge is 0.382 e. The van der Waals surface area contributed by atoms with E-state index in [2.05, 4.69) is 31.9 Å². The van der Waals surface area contributed by atoms with Crippen LogP contribution in [0.1, 0.15) is 45.4 Å². The molecular formula is C17H24N8. The lowest BCUT2D eigenvalue weighted by Gasteiger charge is -2.22. The van der Waals surface area contributed by atoms with Gasteiger partial charge in [-0.15, -0.1) is 0 Å². The highest BCUT2D eigenvalue weighted by molar-refractivity contribution is 5.84. The van der Waals surface area contributed by atoms with Crippen LogP contribution in [0.2, 0.25) is 0 Å². The van der Waals surface area contributed by atoms with Crippen molar-refractivity contribution in [2.45, 2.75) is 58.0 Å². The molecule has 4 rings (SSSR count). The summed E-state index contributed by atoms with van der Waals surface area (Å²) in [4.78, 5) is 13.8. The van der Waals surface area contributed by atoms with E-state index in [-0.39, 0.29) is 0 Å². The molecule has 1 saturated carbocycles. The lowest BCUT2D eigenvalue weighted by atomic mass is 9.96. The number of nitrogens with zero attached hydrogens (tertiary/aromatic N) is 6. The highest BCUT2D eigenvalue weighted by Crippen LogP contribution is 2.25. The third-order valence-corrected chi connectivity index (χ3v) is 4.70. The fourth-order valence-electron chi connectivity index (χ4n) is 3.50. The highest BCUT2D eigenvalue weighted by Gasteiger charge is 2.20.